The molecule has 0 N–H and O–H groups in total. The number of methoxy groups -OCH3 is 1. The van der Waals surface area contributed by atoms with Gasteiger partial charge >= 0.3 is 0 Å². The highest BCUT2D eigenvalue weighted by Gasteiger charge is 2.25. The smallest absolute Gasteiger partial charge is 0.133 e. The van der Waals surface area contributed by atoms with Crippen molar-refractivity contribution in [3.05, 3.63) is 28.2 Å². The molecule has 1 atom stereocenters. The number of halogens is 1. The Morgan fingerprint density at radius 1 is 1.58 bits per heavy atom. The quantitative estimate of drug-likeness (QED) is 0.727. The van der Waals surface area contributed by atoms with Crippen LogP contribution in [0.25, 0.3) is 0 Å². The fourth-order valence-corrected chi connectivity index (χ4v) is 1.68. The van der Waals surface area contributed by atoms with Crippen molar-refractivity contribution in [2.24, 2.45) is 0 Å². The van der Waals surface area contributed by atoms with Crippen LogP contribution in [-0.2, 0) is 4.74 Å². The van der Waals surface area contributed by atoms with Crippen molar-refractivity contribution in [2.45, 2.75) is 6.10 Å². The molecule has 1 fully saturated rings. The average Bonchev–Trinajstić information content (AvgIpc) is 2.86. The van der Waals surface area contributed by atoms with Gasteiger partial charge in [-0.05, 0) is 33.6 Å². The second-order valence-corrected chi connectivity index (χ2v) is 3.57. The lowest BCUT2D eigenvalue weighted by Gasteiger charge is -2.03. The molecule has 1 aromatic carbocycles. The second-order valence-electron chi connectivity index (χ2n) is 2.72. The Labute approximate surface area is 79.6 Å². The molecule has 0 saturated carbocycles. The van der Waals surface area contributed by atoms with Crippen molar-refractivity contribution >= 4 is 15.9 Å². The first kappa shape index (κ1) is 8.08. The lowest BCUT2D eigenvalue weighted by atomic mass is 10.2. The van der Waals surface area contributed by atoms with E-state index in [1.165, 1.54) is 5.56 Å². The molecule has 2 nitrogen and oxygen atoms in total. The Balaban J connectivity index is 2.30. The molecule has 1 heterocycles. The van der Waals surface area contributed by atoms with Gasteiger partial charge in [-0.15, -0.1) is 0 Å². The largest absolute Gasteiger partial charge is 0.496 e. The fourth-order valence-electron chi connectivity index (χ4n) is 1.12. The molecule has 0 radical (unpaired) electrons. The van der Waals surface area contributed by atoms with Crippen LogP contribution >= 0.6 is 15.9 Å². The monoisotopic (exact) mass is 228 g/mol. The molecule has 0 amide bonds. The van der Waals surface area contributed by atoms with Crippen LogP contribution in [-0.4, -0.2) is 13.7 Å². The molecule has 1 aromatic rings. The van der Waals surface area contributed by atoms with Crippen LogP contribution in [0.1, 0.15) is 11.7 Å². The van der Waals surface area contributed by atoms with Gasteiger partial charge in [0.2, 0.25) is 0 Å². The van der Waals surface area contributed by atoms with Gasteiger partial charge in [-0.3, -0.25) is 0 Å². The summed E-state index contributed by atoms with van der Waals surface area (Å²) in [4.78, 5) is 0. The summed E-state index contributed by atoms with van der Waals surface area (Å²) >= 11 is 3.42. The predicted octanol–water partition coefficient (Wildman–Crippen LogP) is 2.53. The Kier molecular flexibility index (Phi) is 2.07. The first-order valence-electron chi connectivity index (χ1n) is 3.76. The zero-order valence-electron chi connectivity index (χ0n) is 6.71. The van der Waals surface area contributed by atoms with E-state index in [0.717, 1.165) is 16.8 Å². The van der Waals surface area contributed by atoms with E-state index in [1.54, 1.807) is 7.11 Å². The van der Waals surface area contributed by atoms with Crippen LogP contribution in [0, 0.1) is 0 Å². The number of benzene rings is 1. The molecule has 0 unspecified atom stereocenters. The van der Waals surface area contributed by atoms with Crippen LogP contribution < -0.4 is 4.74 Å². The molecule has 1 saturated heterocycles. The normalized spacial score (nSPS) is 20.7. The Morgan fingerprint density at radius 2 is 2.33 bits per heavy atom. The van der Waals surface area contributed by atoms with Gasteiger partial charge < -0.3 is 9.47 Å². The Morgan fingerprint density at radius 3 is 2.83 bits per heavy atom. The zero-order chi connectivity index (χ0) is 8.55. The van der Waals surface area contributed by atoms with E-state index in [1.807, 2.05) is 18.2 Å². The summed E-state index contributed by atoms with van der Waals surface area (Å²) in [5.41, 5.74) is 1.21. The molecular weight excluding hydrogens is 220 g/mol. The summed E-state index contributed by atoms with van der Waals surface area (Å²) < 4.78 is 11.3. The van der Waals surface area contributed by atoms with Crippen molar-refractivity contribution in [3.8, 4) is 5.75 Å². The number of hydrogen-bond donors (Lipinski definition) is 0. The van der Waals surface area contributed by atoms with Gasteiger partial charge in [0, 0.05) is 0 Å². The number of ether oxygens (including phenoxy) is 2. The molecule has 0 aliphatic carbocycles. The van der Waals surface area contributed by atoms with Gasteiger partial charge in [-0.25, -0.2) is 0 Å². The van der Waals surface area contributed by atoms with Crippen LogP contribution in [0.15, 0.2) is 22.7 Å². The van der Waals surface area contributed by atoms with E-state index in [2.05, 4.69) is 15.9 Å². The molecule has 64 valence electrons. The summed E-state index contributed by atoms with van der Waals surface area (Å²) in [6, 6.07) is 6.01. The van der Waals surface area contributed by atoms with E-state index in [0.29, 0.717) is 6.10 Å². The third-order valence-electron chi connectivity index (χ3n) is 1.88. The van der Waals surface area contributed by atoms with Gasteiger partial charge in [0.05, 0.1) is 18.2 Å². The van der Waals surface area contributed by atoms with Gasteiger partial charge in [-0.1, -0.05) is 6.07 Å². The highest BCUT2D eigenvalue weighted by Crippen LogP contribution is 2.34. The minimum atomic E-state index is 0.312. The van der Waals surface area contributed by atoms with E-state index in [-0.39, 0.29) is 0 Å². The van der Waals surface area contributed by atoms with Gasteiger partial charge in [0.15, 0.2) is 0 Å². The summed E-state index contributed by atoms with van der Waals surface area (Å²) in [6.45, 7) is 0.846. The van der Waals surface area contributed by atoms with E-state index in [9.17, 15) is 0 Å². The lowest BCUT2D eigenvalue weighted by molar-refractivity contribution is 0.407. The molecule has 0 bridgehead atoms. The summed E-state index contributed by atoms with van der Waals surface area (Å²) in [7, 11) is 1.66. The zero-order valence-corrected chi connectivity index (χ0v) is 8.30. The topological polar surface area (TPSA) is 21.8 Å². The van der Waals surface area contributed by atoms with Crippen molar-refractivity contribution in [2.75, 3.05) is 13.7 Å². The highest BCUT2D eigenvalue weighted by atomic mass is 79.9. The maximum Gasteiger partial charge on any atom is 0.133 e. The second kappa shape index (κ2) is 3.07. The first-order valence-corrected chi connectivity index (χ1v) is 4.55. The summed E-state index contributed by atoms with van der Waals surface area (Å²) in [5.74, 6) is 0.861. The van der Waals surface area contributed by atoms with Crippen LogP contribution in [0.2, 0.25) is 0 Å². The first-order chi connectivity index (χ1) is 5.81. The molecule has 1 aliphatic heterocycles. The summed E-state index contributed by atoms with van der Waals surface area (Å²) in [5, 5.41) is 0. The Bertz CT molecular complexity index is 295. The number of rotatable bonds is 2. The number of hydrogen-bond acceptors (Lipinski definition) is 2. The third kappa shape index (κ3) is 1.47. The maximum absolute atomic E-state index is 5.16. The molecular formula is C9H9BrO2. The van der Waals surface area contributed by atoms with Crippen molar-refractivity contribution in [1.29, 1.82) is 0 Å². The van der Waals surface area contributed by atoms with Crippen LogP contribution in [0.5, 0.6) is 5.75 Å². The van der Waals surface area contributed by atoms with E-state index >= 15 is 0 Å². The standard InChI is InChI=1S/C9H9BrO2/c1-11-8-3-2-6(4-7(8)10)9-5-12-9/h2-4,9H,5H2,1H3/t9-/m1/s1. The van der Waals surface area contributed by atoms with Crippen LogP contribution in [0.4, 0.5) is 0 Å². The molecule has 12 heavy (non-hydrogen) atoms. The minimum Gasteiger partial charge on any atom is -0.496 e. The molecule has 0 spiro atoms. The minimum absolute atomic E-state index is 0.312. The molecule has 0 aromatic heterocycles. The third-order valence-corrected chi connectivity index (χ3v) is 2.50. The van der Waals surface area contributed by atoms with Gasteiger partial charge in [-0.2, -0.15) is 0 Å². The lowest BCUT2D eigenvalue weighted by Crippen LogP contribution is -1.86. The predicted molar refractivity (Wildman–Crippen MR) is 49.4 cm³/mol. The van der Waals surface area contributed by atoms with Crippen LogP contribution in [0.3, 0.4) is 0 Å². The summed E-state index contributed by atoms with van der Waals surface area (Å²) in [6.07, 6.45) is 0.312. The number of epoxide rings is 1. The van der Waals surface area contributed by atoms with Gasteiger partial charge in [0.1, 0.15) is 11.9 Å². The van der Waals surface area contributed by atoms with Crippen molar-refractivity contribution in [3.63, 3.8) is 0 Å². The Hall–Kier alpha value is -0.540. The fraction of sp³-hybridized carbons (Fsp3) is 0.333. The van der Waals surface area contributed by atoms with Gasteiger partial charge in [0.25, 0.3) is 0 Å². The maximum atomic E-state index is 5.16. The SMILES string of the molecule is COc1ccc([C@H]2CO2)cc1Br. The van der Waals surface area contributed by atoms with Crippen molar-refractivity contribution < 1.29 is 9.47 Å². The van der Waals surface area contributed by atoms with E-state index < -0.39 is 0 Å². The molecule has 3 heteroatoms. The molecule has 1 aliphatic rings. The van der Waals surface area contributed by atoms with Crippen molar-refractivity contribution in [1.82, 2.24) is 0 Å². The van der Waals surface area contributed by atoms with E-state index in [4.69, 9.17) is 9.47 Å². The highest BCUT2D eigenvalue weighted by molar-refractivity contribution is 9.10. The average molecular weight is 229 g/mol. The molecule has 2 rings (SSSR count).